The third-order valence-electron chi connectivity index (χ3n) is 3.14. The number of hydrogen-bond donors (Lipinski definition) is 1. The van der Waals surface area contributed by atoms with Crippen molar-refractivity contribution < 1.29 is 4.79 Å². The van der Waals surface area contributed by atoms with E-state index in [0.717, 1.165) is 30.1 Å². The molecule has 1 fully saturated rings. The molecule has 1 N–H and O–H groups in total. The Bertz CT molecular complexity index is 453. The van der Waals surface area contributed by atoms with Crippen LogP contribution in [0, 0.1) is 0 Å². The normalized spacial score (nSPS) is 18.8. The number of carbonyl (C=O) groups is 1. The molecule has 0 aromatic heterocycles. The van der Waals surface area contributed by atoms with E-state index >= 15 is 0 Å². The van der Waals surface area contributed by atoms with Gasteiger partial charge in [0.25, 0.3) is 5.91 Å². The lowest BCUT2D eigenvalue weighted by molar-refractivity contribution is 0.0705. The molecule has 1 aliphatic heterocycles. The highest BCUT2D eigenvalue weighted by Crippen LogP contribution is 2.27. The summed E-state index contributed by atoms with van der Waals surface area (Å²) in [6.07, 6.45) is 0. The Morgan fingerprint density at radius 2 is 2.10 bits per heavy atom. The molecule has 0 saturated carbocycles. The van der Waals surface area contributed by atoms with Gasteiger partial charge in [-0.3, -0.25) is 4.79 Å². The van der Waals surface area contributed by atoms with E-state index in [0.29, 0.717) is 11.3 Å². The summed E-state index contributed by atoms with van der Waals surface area (Å²) in [6, 6.07) is 8.32. The van der Waals surface area contributed by atoms with E-state index in [1.807, 2.05) is 29.2 Å². The second-order valence-corrected chi connectivity index (χ2v) is 6.89. The number of nitrogens with zero attached hydrogens (tertiary/aromatic N) is 1. The predicted molar refractivity (Wildman–Crippen MR) is 88.1 cm³/mol. The fraction of sp³-hybridized carbons (Fsp3) is 0.533. The number of amides is 1. The number of benzene rings is 1. The average Bonchev–Trinajstić information content (AvgIpc) is 2.38. The topological polar surface area (TPSA) is 32.3 Å². The molecule has 1 atom stereocenters. The summed E-state index contributed by atoms with van der Waals surface area (Å²) in [5, 5.41) is 3.85. The summed E-state index contributed by atoms with van der Waals surface area (Å²) in [5.74, 6) is 0.164. The predicted octanol–water partition coefficient (Wildman–Crippen LogP) is 3.04. The van der Waals surface area contributed by atoms with Gasteiger partial charge in [0.15, 0.2) is 0 Å². The molecule has 1 amide bonds. The van der Waals surface area contributed by atoms with Crippen LogP contribution < -0.4 is 5.32 Å². The van der Waals surface area contributed by atoms with E-state index in [-0.39, 0.29) is 18.3 Å². The standard InChI is InChI=1S/C15H22N2OS.ClH/c1-11(2)19-14-7-5-4-6-13(14)15(18)17-9-8-16-12(3)10-17;/h4-7,11-12,16H,8-10H2,1-3H3;1H. The zero-order valence-corrected chi connectivity index (χ0v) is 13.9. The molecule has 1 saturated heterocycles. The smallest absolute Gasteiger partial charge is 0.255 e. The highest BCUT2D eigenvalue weighted by Gasteiger charge is 2.23. The first-order chi connectivity index (χ1) is 9.08. The van der Waals surface area contributed by atoms with Gasteiger partial charge in [-0.1, -0.05) is 26.0 Å². The zero-order valence-electron chi connectivity index (χ0n) is 12.3. The van der Waals surface area contributed by atoms with Crippen molar-refractivity contribution in [2.75, 3.05) is 19.6 Å². The summed E-state index contributed by atoms with van der Waals surface area (Å²) in [7, 11) is 0. The molecule has 0 bridgehead atoms. The van der Waals surface area contributed by atoms with Gasteiger partial charge in [-0.05, 0) is 19.1 Å². The monoisotopic (exact) mass is 314 g/mol. The van der Waals surface area contributed by atoms with E-state index in [1.165, 1.54) is 0 Å². The molecule has 5 heteroatoms. The molecular formula is C15H23ClN2OS. The Morgan fingerprint density at radius 3 is 2.75 bits per heavy atom. The molecule has 1 unspecified atom stereocenters. The van der Waals surface area contributed by atoms with E-state index < -0.39 is 0 Å². The van der Waals surface area contributed by atoms with Crippen molar-refractivity contribution in [1.29, 1.82) is 0 Å². The molecule has 3 nitrogen and oxygen atoms in total. The lowest BCUT2D eigenvalue weighted by atomic mass is 10.1. The maximum atomic E-state index is 12.6. The van der Waals surface area contributed by atoms with E-state index in [1.54, 1.807) is 11.8 Å². The first-order valence-electron chi connectivity index (χ1n) is 6.86. The minimum atomic E-state index is 0. The molecule has 1 aromatic rings. The van der Waals surface area contributed by atoms with Gasteiger partial charge < -0.3 is 10.2 Å². The van der Waals surface area contributed by atoms with Gasteiger partial charge in [0.1, 0.15) is 0 Å². The van der Waals surface area contributed by atoms with Crippen molar-refractivity contribution in [3.05, 3.63) is 29.8 Å². The number of thioether (sulfide) groups is 1. The molecule has 0 aliphatic carbocycles. The number of carbonyl (C=O) groups excluding carboxylic acids is 1. The van der Waals surface area contributed by atoms with Crippen LogP contribution in [-0.2, 0) is 0 Å². The van der Waals surface area contributed by atoms with Gasteiger partial charge >= 0.3 is 0 Å². The van der Waals surface area contributed by atoms with Crippen LogP contribution in [0.4, 0.5) is 0 Å². The molecular weight excluding hydrogens is 292 g/mol. The summed E-state index contributed by atoms with van der Waals surface area (Å²) >= 11 is 1.76. The van der Waals surface area contributed by atoms with Crippen molar-refractivity contribution in [2.45, 2.75) is 37.0 Å². The number of piperazine rings is 1. The summed E-state index contributed by atoms with van der Waals surface area (Å²) in [6.45, 7) is 8.89. The lowest BCUT2D eigenvalue weighted by Crippen LogP contribution is -2.51. The maximum Gasteiger partial charge on any atom is 0.255 e. The van der Waals surface area contributed by atoms with Gasteiger partial charge in [-0.25, -0.2) is 0 Å². The van der Waals surface area contributed by atoms with Crippen LogP contribution >= 0.6 is 24.2 Å². The maximum absolute atomic E-state index is 12.6. The number of nitrogens with one attached hydrogen (secondary N) is 1. The molecule has 2 rings (SSSR count). The van der Waals surface area contributed by atoms with Crippen LogP contribution in [-0.4, -0.2) is 41.7 Å². The Labute approximate surface area is 131 Å². The number of hydrogen-bond acceptors (Lipinski definition) is 3. The van der Waals surface area contributed by atoms with Gasteiger partial charge in [-0.15, -0.1) is 24.2 Å². The van der Waals surface area contributed by atoms with Crippen LogP contribution in [0.3, 0.4) is 0 Å². The van der Waals surface area contributed by atoms with Gasteiger partial charge in [0.05, 0.1) is 5.56 Å². The Balaban J connectivity index is 0.00000200. The molecule has 0 radical (unpaired) electrons. The number of rotatable bonds is 3. The molecule has 1 heterocycles. The average molecular weight is 315 g/mol. The third kappa shape index (κ3) is 4.40. The van der Waals surface area contributed by atoms with Gasteiger partial charge in [0, 0.05) is 35.8 Å². The third-order valence-corrected chi connectivity index (χ3v) is 4.22. The lowest BCUT2D eigenvalue weighted by Gasteiger charge is -2.32. The Kier molecular flexibility index (Phi) is 6.86. The fourth-order valence-electron chi connectivity index (χ4n) is 2.29. The summed E-state index contributed by atoms with van der Waals surface area (Å²) in [4.78, 5) is 15.7. The minimum Gasteiger partial charge on any atom is -0.336 e. The van der Waals surface area contributed by atoms with Crippen LogP contribution in [0.2, 0.25) is 0 Å². The van der Waals surface area contributed by atoms with Crippen molar-refractivity contribution in [3.63, 3.8) is 0 Å². The quantitative estimate of drug-likeness (QED) is 0.870. The van der Waals surface area contributed by atoms with E-state index in [2.05, 4.69) is 26.1 Å². The van der Waals surface area contributed by atoms with Gasteiger partial charge in [0.2, 0.25) is 0 Å². The van der Waals surface area contributed by atoms with Crippen LogP contribution in [0.25, 0.3) is 0 Å². The Hall–Kier alpha value is -0.710. The molecule has 20 heavy (non-hydrogen) atoms. The van der Waals surface area contributed by atoms with E-state index in [9.17, 15) is 4.79 Å². The second kappa shape index (κ2) is 7.91. The van der Waals surface area contributed by atoms with Crippen LogP contribution in [0.5, 0.6) is 0 Å². The van der Waals surface area contributed by atoms with Crippen LogP contribution in [0.15, 0.2) is 29.2 Å². The Morgan fingerprint density at radius 1 is 1.40 bits per heavy atom. The number of halogens is 1. The highest BCUT2D eigenvalue weighted by atomic mass is 35.5. The fourth-order valence-corrected chi connectivity index (χ4v) is 3.23. The summed E-state index contributed by atoms with van der Waals surface area (Å²) < 4.78 is 0. The van der Waals surface area contributed by atoms with Crippen molar-refractivity contribution >= 4 is 30.1 Å². The van der Waals surface area contributed by atoms with Gasteiger partial charge in [-0.2, -0.15) is 0 Å². The zero-order chi connectivity index (χ0) is 13.8. The molecule has 1 aromatic carbocycles. The van der Waals surface area contributed by atoms with E-state index in [4.69, 9.17) is 0 Å². The summed E-state index contributed by atoms with van der Waals surface area (Å²) in [5.41, 5.74) is 0.843. The highest BCUT2D eigenvalue weighted by molar-refractivity contribution is 8.00. The SMILES string of the molecule is CC1CN(C(=O)c2ccccc2SC(C)C)CCN1.Cl. The minimum absolute atomic E-state index is 0. The van der Waals surface area contributed by atoms with Crippen molar-refractivity contribution in [1.82, 2.24) is 10.2 Å². The first kappa shape index (κ1) is 17.3. The van der Waals surface area contributed by atoms with Crippen LogP contribution in [0.1, 0.15) is 31.1 Å². The first-order valence-corrected chi connectivity index (χ1v) is 7.74. The second-order valence-electron chi connectivity index (χ2n) is 5.27. The molecule has 112 valence electrons. The molecule has 1 aliphatic rings. The van der Waals surface area contributed by atoms with Crippen molar-refractivity contribution in [3.8, 4) is 0 Å². The largest absolute Gasteiger partial charge is 0.336 e. The van der Waals surface area contributed by atoms with Crippen molar-refractivity contribution in [2.24, 2.45) is 0 Å². The molecule has 0 spiro atoms.